The lowest BCUT2D eigenvalue weighted by molar-refractivity contribution is 0.0506. The highest BCUT2D eigenvalue weighted by Gasteiger charge is 2.20. The van der Waals surface area contributed by atoms with Gasteiger partial charge in [0, 0.05) is 0 Å². The largest absolute Gasteiger partial charge is 0.444 e. The van der Waals surface area contributed by atoms with E-state index < -0.39 is 11.7 Å². The zero-order chi connectivity index (χ0) is 26.0. The molecule has 2 aromatic carbocycles. The van der Waals surface area contributed by atoms with Crippen molar-refractivity contribution >= 4 is 6.09 Å². The third-order valence-electron chi connectivity index (χ3n) is 6.45. The predicted octanol–water partition coefficient (Wildman–Crippen LogP) is 6.14. The second-order valence-corrected chi connectivity index (χ2v) is 10.5. The zero-order valence-electron chi connectivity index (χ0n) is 21.8. The number of nitrogens with one attached hydrogen (secondary N) is 4. The number of aromatic amines is 2. The monoisotopic (exact) mass is 498 g/mol. The molecule has 4 N–H and O–H groups in total. The molecule has 0 unspecified atom stereocenters. The standard InChI is InChI=1S/C29H34N6O2/c1-18(33-28(36)37-29(2,3)4)26-31-16-24(34-26)21-11-7-19(8-12-21)20-9-13-22(14-10-20)25-17-32-27(35-25)23-6-5-15-30-23/h7-14,16-18,23,30H,5-6,15H2,1-4H3,(H,31,34)(H,32,35)(H,33,36)/t18-,23+/m1/s1. The quantitative estimate of drug-likeness (QED) is 0.255. The van der Waals surface area contributed by atoms with E-state index in [4.69, 9.17) is 4.74 Å². The molecule has 0 bridgehead atoms. The van der Waals surface area contributed by atoms with E-state index in [1.165, 1.54) is 6.42 Å². The van der Waals surface area contributed by atoms with Gasteiger partial charge in [-0.3, -0.25) is 0 Å². The molecule has 1 aliphatic heterocycles. The van der Waals surface area contributed by atoms with Gasteiger partial charge in [-0.05, 0) is 69.3 Å². The van der Waals surface area contributed by atoms with Gasteiger partial charge in [-0.25, -0.2) is 14.8 Å². The van der Waals surface area contributed by atoms with E-state index in [0.29, 0.717) is 11.9 Å². The van der Waals surface area contributed by atoms with Crippen LogP contribution in [0, 0.1) is 0 Å². The number of alkyl carbamates (subject to hydrolysis) is 1. The van der Waals surface area contributed by atoms with Crippen LogP contribution in [0.15, 0.2) is 60.9 Å². The normalized spacial score (nSPS) is 16.5. The lowest BCUT2D eigenvalue weighted by atomic mass is 10.0. The van der Waals surface area contributed by atoms with Crippen LogP contribution in [0.5, 0.6) is 0 Å². The number of imidazole rings is 2. The van der Waals surface area contributed by atoms with Crippen LogP contribution < -0.4 is 10.6 Å². The van der Waals surface area contributed by atoms with Crippen LogP contribution in [0.4, 0.5) is 4.79 Å². The van der Waals surface area contributed by atoms with E-state index in [9.17, 15) is 4.79 Å². The topological polar surface area (TPSA) is 108 Å². The van der Waals surface area contributed by atoms with Gasteiger partial charge in [0.1, 0.15) is 17.2 Å². The lowest BCUT2D eigenvalue weighted by Gasteiger charge is -2.21. The van der Waals surface area contributed by atoms with Crippen molar-refractivity contribution in [1.82, 2.24) is 30.6 Å². The van der Waals surface area contributed by atoms with Gasteiger partial charge >= 0.3 is 6.09 Å². The number of amides is 1. The van der Waals surface area contributed by atoms with Crippen LogP contribution in [-0.2, 0) is 4.74 Å². The van der Waals surface area contributed by atoms with Crippen molar-refractivity contribution in [3.63, 3.8) is 0 Å². The Hall–Kier alpha value is -3.91. The number of aromatic nitrogens is 4. The fraction of sp³-hybridized carbons (Fsp3) is 0.345. The summed E-state index contributed by atoms with van der Waals surface area (Å²) in [6.45, 7) is 8.44. The number of ether oxygens (including phenoxy) is 1. The van der Waals surface area contributed by atoms with Gasteiger partial charge in [-0.2, -0.15) is 0 Å². The molecule has 37 heavy (non-hydrogen) atoms. The number of H-pyrrole nitrogens is 2. The molecule has 8 nitrogen and oxygen atoms in total. The van der Waals surface area contributed by atoms with Crippen LogP contribution in [0.2, 0.25) is 0 Å². The summed E-state index contributed by atoms with van der Waals surface area (Å²) >= 11 is 0. The highest BCUT2D eigenvalue weighted by atomic mass is 16.6. The number of carbonyl (C=O) groups excluding carboxylic acids is 1. The summed E-state index contributed by atoms with van der Waals surface area (Å²) in [7, 11) is 0. The van der Waals surface area contributed by atoms with Crippen molar-refractivity contribution < 1.29 is 9.53 Å². The molecule has 1 aliphatic rings. The molecule has 5 rings (SSSR count). The molecule has 1 fully saturated rings. The zero-order valence-corrected chi connectivity index (χ0v) is 21.8. The third kappa shape index (κ3) is 5.91. The summed E-state index contributed by atoms with van der Waals surface area (Å²) in [4.78, 5) is 27.9. The van der Waals surface area contributed by atoms with Gasteiger partial charge in [-0.15, -0.1) is 0 Å². The molecular formula is C29H34N6O2. The van der Waals surface area contributed by atoms with Crippen LogP contribution >= 0.6 is 0 Å². The maximum Gasteiger partial charge on any atom is 0.408 e. The first-order valence-corrected chi connectivity index (χ1v) is 12.8. The minimum Gasteiger partial charge on any atom is -0.444 e. The number of carbonyl (C=O) groups is 1. The smallest absolute Gasteiger partial charge is 0.408 e. The molecule has 1 amide bonds. The van der Waals surface area contributed by atoms with E-state index in [1.54, 1.807) is 6.20 Å². The Balaban J connectivity index is 1.23. The average Bonchev–Trinajstić information content (AvgIpc) is 3.65. The summed E-state index contributed by atoms with van der Waals surface area (Å²) in [5.41, 5.74) is 5.81. The fourth-order valence-corrected chi connectivity index (χ4v) is 4.52. The minimum absolute atomic E-state index is 0.304. The van der Waals surface area contributed by atoms with Gasteiger partial charge < -0.3 is 25.3 Å². The van der Waals surface area contributed by atoms with Crippen LogP contribution in [-0.4, -0.2) is 38.2 Å². The van der Waals surface area contributed by atoms with Gasteiger partial charge in [0.05, 0.1) is 35.9 Å². The van der Waals surface area contributed by atoms with Gasteiger partial charge in [0.2, 0.25) is 0 Å². The van der Waals surface area contributed by atoms with E-state index in [-0.39, 0.29) is 6.04 Å². The first kappa shape index (κ1) is 24.8. The molecule has 3 heterocycles. The van der Waals surface area contributed by atoms with Gasteiger partial charge in [0.15, 0.2) is 0 Å². The number of rotatable bonds is 6. The summed E-state index contributed by atoms with van der Waals surface area (Å²) in [5.74, 6) is 1.69. The van der Waals surface area contributed by atoms with Crippen LogP contribution in [0.1, 0.15) is 64.3 Å². The Bertz CT molecular complexity index is 1340. The van der Waals surface area contributed by atoms with E-state index in [2.05, 4.69) is 79.1 Å². The Morgan fingerprint density at radius 3 is 2.05 bits per heavy atom. The molecule has 0 saturated carbocycles. The summed E-state index contributed by atoms with van der Waals surface area (Å²) in [6.07, 6.45) is 5.56. The second-order valence-electron chi connectivity index (χ2n) is 10.5. The highest BCUT2D eigenvalue weighted by Crippen LogP contribution is 2.28. The van der Waals surface area contributed by atoms with Crippen molar-refractivity contribution in [3.05, 3.63) is 72.6 Å². The van der Waals surface area contributed by atoms with Crippen molar-refractivity contribution in [2.45, 2.75) is 58.2 Å². The summed E-state index contributed by atoms with van der Waals surface area (Å²) < 4.78 is 5.33. The molecule has 1 saturated heterocycles. The van der Waals surface area contributed by atoms with Crippen LogP contribution in [0.25, 0.3) is 33.6 Å². The van der Waals surface area contributed by atoms with E-state index >= 15 is 0 Å². The molecule has 2 atom stereocenters. The number of hydrogen-bond donors (Lipinski definition) is 4. The number of nitrogens with zero attached hydrogens (tertiary/aromatic N) is 2. The van der Waals surface area contributed by atoms with Crippen molar-refractivity contribution in [2.24, 2.45) is 0 Å². The van der Waals surface area contributed by atoms with Gasteiger partial charge in [0.25, 0.3) is 0 Å². The highest BCUT2D eigenvalue weighted by molar-refractivity contribution is 5.71. The third-order valence-corrected chi connectivity index (χ3v) is 6.45. The Labute approximate surface area is 217 Å². The van der Waals surface area contributed by atoms with Crippen molar-refractivity contribution in [3.8, 4) is 33.6 Å². The lowest BCUT2D eigenvalue weighted by Crippen LogP contribution is -2.34. The molecule has 2 aromatic heterocycles. The fourth-order valence-electron chi connectivity index (χ4n) is 4.52. The first-order valence-electron chi connectivity index (χ1n) is 12.8. The Morgan fingerprint density at radius 2 is 1.49 bits per heavy atom. The Morgan fingerprint density at radius 1 is 0.919 bits per heavy atom. The molecular weight excluding hydrogens is 464 g/mol. The SMILES string of the molecule is C[C@@H](NC(=O)OC(C)(C)C)c1ncc(-c2ccc(-c3ccc(-c4cnc([C@@H]5CCCN5)[nH]4)cc3)cc2)[nH]1. The molecule has 0 aliphatic carbocycles. The number of benzene rings is 2. The van der Waals surface area contributed by atoms with E-state index in [0.717, 1.165) is 52.4 Å². The molecule has 0 radical (unpaired) electrons. The molecule has 192 valence electrons. The molecule has 4 aromatic rings. The predicted molar refractivity (Wildman–Crippen MR) is 145 cm³/mol. The molecule has 8 heteroatoms. The van der Waals surface area contributed by atoms with Gasteiger partial charge in [-0.1, -0.05) is 48.5 Å². The molecule has 0 spiro atoms. The second kappa shape index (κ2) is 10.2. The van der Waals surface area contributed by atoms with Crippen LogP contribution in [0.3, 0.4) is 0 Å². The minimum atomic E-state index is -0.546. The van der Waals surface area contributed by atoms with Crippen molar-refractivity contribution in [1.29, 1.82) is 0 Å². The Kier molecular flexibility index (Phi) is 6.84. The summed E-state index contributed by atoms with van der Waals surface area (Å²) in [6, 6.07) is 16.9. The maximum absolute atomic E-state index is 12.1. The maximum atomic E-state index is 12.1. The summed E-state index contributed by atoms with van der Waals surface area (Å²) in [5, 5.41) is 6.30. The van der Waals surface area contributed by atoms with E-state index in [1.807, 2.05) is 33.9 Å². The van der Waals surface area contributed by atoms with Crippen molar-refractivity contribution in [2.75, 3.05) is 6.54 Å². The first-order chi connectivity index (χ1) is 17.7. The average molecular weight is 499 g/mol. The number of hydrogen-bond acceptors (Lipinski definition) is 5.